The standard InChI is InChI=1S/C22H20N6O2S/c1-27-8-10-28(11-9-27)16-5-2-14(3-6-16)19-20-17(23-13-24-19)7-4-15(25-20)12-18-21(29)26-22(30)31-18/h2-7,12-13H,8-11H2,1H3,(H,26,29,30). The van der Waals surface area contributed by atoms with Gasteiger partial charge in [0.15, 0.2) is 0 Å². The quantitative estimate of drug-likeness (QED) is 0.632. The molecule has 3 aromatic rings. The van der Waals surface area contributed by atoms with Crippen molar-refractivity contribution in [3.05, 3.63) is 53.3 Å². The zero-order valence-corrected chi connectivity index (χ0v) is 17.7. The van der Waals surface area contributed by atoms with E-state index in [-0.39, 0.29) is 5.24 Å². The summed E-state index contributed by atoms with van der Waals surface area (Å²) in [5.41, 5.74) is 4.82. The number of hydrogen-bond donors (Lipinski definition) is 1. The molecule has 0 radical (unpaired) electrons. The number of rotatable bonds is 3. The smallest absolute Gasteiger partial charge is 0.290 e. The Kier molecular flexibility index (Phi) is 5.13. The summed E-state index contributed by atoms with van der Waals surface area (Å²) >= 11 is 0.872. The van der Waals surface area contributed by atoms with Gasteiger partial charge in [-0.3, -0.25) is 14.9 Å². The van der Waals surface area contributed by atoms with Crippen molar-refractivity contribution in [3.8, 4) is 11.3 Å². The van der Waals surface area contributed by atoms with Crippen LogP contribution in [0.1, 0.15) is 5.69 Å². The van der Waals surface area contributed by atoms with Gasteiger partial charge in [0.1, 0.15) is 11.8 Å². The summed E-state index contributed by atoms with van der Waals surface area (Å²) in [5.74, 6) is -0.402. The fourth-order valence-corrected chi connectivity index (χ4v) is 4.36. The van der Waals surface area contributed by atoms with Crippen molar-refractivity contribution in [1.82, 2.24) is 25.2 Å². The van der Waals surface area contributed by atoms with E-state index < -0.39 is 5.91 Å². The number of benzene rings is 1. The van der Waals surface area contributed by atoms with Crippen molar-refractivity contribution in [2.75, 3.05) is 38.1 Å². The van der Waals surface area contributed by atoms with Crippen molar-refractivity contribution in [2.24, 2.45) is 0 Å². The lowest BCUT2D eigenvalue weighted by molar-refractivity contribution is -0.115. The first-order valence-electron chi connectivity index (χ1n) is 9.97. The van der Waals surface area contributed by atoms with Crippen molar-refractivity contribution >= 4 is 45.7 Å². The van der Waals surface area contributed by atoms with Crippen LogP contribution in [0.15, 0.2) is 47.6 Å². The monoisotopic (exact) mass is 432 g/mol. The maximum absolute atomic E-state index is 11.8. The van der Waals surface area contributed by atoms with E-state index in [2.05, 4.69) is 61.4 Å². The van der Waals surface area contributed by atoms with Crippen LogP contribution >= 0.6 is 11.8 Å². The number of piperazine rings is 1. The van der Waals surface area contributed by atoms with Gasteiger partial charge in [0.05, 0.1) is 21.8 Å². The SMILES string of the molecule is CN1CCN(c2ccc(-c3ncnc4ccc(C=C5SC(=O)NC5=O)nc34)cc2)CC1. The van der Waals surface area contributed by atoms with Crippen molar-refractivity contribution in [1.29, 1.82) is 0 Å². The highest BCUT2D eigenvalue weighted by Crippen LogP contribution is 2.29. The van der Waals surface area contributed by atoms with Gasteiger partial charge >= 0.3 is 0 Å². The number of hydrogen-bond acceptors (Lipinski definition) is 8. The van der Waals surface area contributed by atoms with Gasteiger partial charge in [0, 0.05) is 37.4 Å². The highest BCUT2D eigenvalue weighted by atomic mass is 32.2. The molecule has 5 rings (SSSR count). The molecule has 0 saturated carbocycles. The lowest BCUT2D eigenvalue weighted by Gasteiger charge is -2.34. The molecule has 0 unspecified atom stereocenters. The van der Waals surface area contributed by atoms with E-state index in [1.807, 2.05) is 6.07 Å². The molecule has 8 nitrogen and oxygen atoms in total. The molecule has 0 atom stereocenters. The number of thioether (sulfide) groups is 1. The number of nitrogens with one attached hydrogen (secondary N) is 1. The molecule has 2 fully saturated rings. The molecule has 0 aliphatic carbocycles. The molecule has 4 heterocycles. The number of carbonyl (C=O) groups is 2. The molecule has 2 amide bonds. The van der Waals surface area contributed by atoms with Gasteiger partial charge in [0.25, 0.3) is 11.1 Å². The number of amides is 2. The van der Waals surface area contributed by atoms with Crippen molar-refractivity contribution < 1.29 is 9.59 Å². The van der Waals surface area contributed by atoms with Crippen LogP contribution in [0.2, 0.25) is 0 Å². The van der Waals surface area contributed by atoms with E-state index in [1.54, 1.807) is 12.1 Å². The zero-order chi connectivity index (χ0) is 21.4. The second kappa shape index (κ2) is 8.09. The maximum Gasteiger partial charge on any atom is 0.290 e. The van der Waals surface area contributed by atoms with Gasteiger partial charge in [-0.2, -0.15) is 0 Å². The molecule has 2 aliphatic rings. The first-order valence-corrected chi connectivity index (χ1v) is 10.8. The fourth-order valence-electron chi connectivity index (χ4n) is 3.70. The average Bonchev–Trinajstić information content (AvgIpc) is 3.10. The van der Waals surface area contributed by atoms with Crippen LogP contribution in [-0.2, 0) is 4.79 Å². The zero-order valence-electron chi connectivity index (χ0n) is 16.9. The van der Waals surface area contributed by atoms with Crippen LogP contribution in [0.5, 0.6) is 0 Å². The number of pyridine rings is 1. The molecule has 9 heteroatoms. The Morgan fingerprint density at radius 2 is 1.77 bits per heavy atom. The molecular formula is C22H20N6O2S. The largest absolute Gasteiger partial charge is 0.369 e. The van der Waals surface area contributed by atoms with E-state index in [0.717, 1.165) is 54.7 Å². The Balaban J connectivity index is 1.47. The molecule has 1 aromatic carbocycles. The summed E-state index contributed by atoms with van der Waals surface area (Å²) in [7, 11) is 2.15. The third-order valence-electron chi connectivity index (χ3n) is 5.43. The number of carbonyl (C=O) groups excluding carboxylic acids is 2. The molecule has 2 saturated heterocycles. The van der Waals surface area contributed by atoms with Gasteiger partial charge in [-0.05, 0) is 49.2 Å². The van der Waals surface area contributed by atoms with Crippen LogP contribution in [0.25, 0.3) is 28.4 Å². The molecule has 1 N–H and O–H groups in total. The number of fused-ring (bicyclic) bond motifs is 1. The summed E-state index contributed by atoms with van der Waals surface area (Å²) in [6, 6.07) is 12.0. The lowest BCUT2D eigenvalue weighted by atomic mass is 10.1. The molecule has 2 aromatic heterocycles. The minimum Gasteiger partial charge on any atom is -0.369 e. The summed E-state index contributed by atoms with van der Waals surface area (Å²) in [6.07, 6.45) is 3.14. The summed E-state index contributed by atoms with van der Waals surface area (Å²) in [6.45, 7) is 4.14. The number of anilines is 1. The molecule has 0 bridgehead atoms. The van der Waals surface area contributed by atoms with Gasteiger partial charge in [0.2, 0.25) is 0 Å². The molecule has 156 valence electrons. The van der Waals surface area contributed by atoms with Crippen LogP contribution in [0.3, 0.4) is 0 Å². The highest BCUT2D eigenvalue weighted by Gasteiger charge is 2.25. The summed E-state index contributed by atoms with van der Waals surface area (Å²) in [5, 5.41) is 1.88. The minimum absolute atomic E-state index is 0.326. The third kappa shape index (κ3) is 4.01. The third-order valence-corrected chi connectivity index (χ3v) is 6.24. The Hall–Kier alpha value is -3.30. The number of nitrogens with zero attached hydrogens (tertiary/aromatic N) is 5. The number of likely N-dealkylation sites (N-methyl/N-ethyl adjacent to an activating group) is 1. The van der Waals surface area contributed by atoms with E-state index in [4.69, 9.17) is 0 Å². The topological polar surface area (TPSA) is 91.3 Å². The summed E-state index contributed by atoms with van der Waals surface area (Å²) < 4.78 is 0. The van der Waals surface area contributed by atoms with Crippen LogP contribution in [-0.4, -0.2) is 64.2 Å². The summed E-state index contributed by atoms with van der Waals surface area (Å²) in [4.78, 5) is 41.8. The first-order chi connectivity index (χ1) is 15.1. The minimum atomic E-state index is -0.402. The Morgan fingerprint density at radius 1 is 1.00 bits per heavy atom. The van der Waals surface area contributed by atoms with Crippen LogP contribution in [0.4, 0.5) is 10.5 Å². The Labute approximate surface area is 183 Å². The van der Waals surface area contributed by atoms with Gasteiger partial charge < -0.3 is 9.80 Å². The first kappa shape index (κ1) is 19.7. The highest BCUT2D eigenvalue weighted by molar-refractivity contribution is 8.18. The molecular weight excluding hydrogens is 412 g/mol. The van der Waals surface area contributed by atoms with E-state index in [0.29, 0.717) is 16.1 Å². The van der Waals surface area contributed by atoms with E-state index >= 15 is 0 Å². The van der Waals surface area contributed by atoms with Gasteiger partial charge in [-0.15, -0.1) is 0 Å². The van der Waals surface area contributed by atoms with E-state index in [1.165, 1.54) is 12.0 Å². The molecule has 2 aliphatic heterocycles. The normalized spacial score (nSPS) is 18.7. The second-order valence-corrected chi connectivity index (χ2v) is 8.53. The van der Waals surface area contributed by atoms with Crippen molar-refractivity contribution in [2.45, 2.75) is 0 Å². The van der Waals surface area contributed by atoms with Crippen molar-refractivity contribution in [3.63, 3.8) is 0 Å². The van der Waals surface area contributed by atoms with E-state index in [9.17, 15) is 9.59 Å². The molecule has 31 heavy (non-hydrogen) atoms. The maximum atomic E-state index is 11.8. The Bertz CT molecular complexity index is 1200. The number of imide groups is 1. The van der Waals surface area contributed by atoms with Crippen LogP contribution in [0, 0.1) is 0 Å². The predicted molar refractivity (Wildman–Crippen MR) is 122 cm³/mol. The second-order valence-electron chi connectivity index (χ2n) is 7.52. The molecule has 0 spiro atoms. The Morgan fingerprint density at radius 3 is 2.48 bits per heavy atom. The van der Waals surface area contributed by atoms with Gasteiger partial charge in [-0.25, -0.2) is 15.0 Å². The average molecular weight is 433 g/mol. The predicted octanol–water partition coefficient (Wildman–Crippen LogP) is 2.77. The van der Waals surface area contributed by atoms with Crippen LogP contribution < -0.4 is 10.2 Å². The number of aromatic nitrogens is 3. The fraction of sp³-hybridized carbons (Fsp3) is 0.227. The van der Waals surface area contributed by atoms with Gasteiger partial charge in [-0.1, -0.05) is 12.1 Å². The lowest BCUT2D eigenvalue weighted by Crippen LogP contribution is -2.44.